The number of hydrogen-bond donors (Lipinski definition) is 1. The van der Waals surface area contributed by atoms with Crippen molar-refractivity contribution in [1.82, 2.24) is 0 Å². The molecule has 0 aliphatic carbocycles. The first-order valence-corrected chi connectivity index (χ1v) is 9.17. The summed E-state index contributed by atoms with van der Waals surface area (Å²) < 4.78 is 31.5. The summed E-state index contributed by atoms with van der Waals surface area (Å²) in [7, 11) is -1.97. The van der Waals surface area contributed by atoms with E-state index >= 15 is 0 Å². The van der Waals surface area contributed by atoms with Gasteiger partial charge in [0.1, 0.15) is 5.75 Å². The van der Waals surface area contributed by atoms with E-state index < -0.39 is 9.84 Å². The number of sulfone groups is 1. The van der Waals surface area contributed by atoms with E-state index in [2.05, 4.69) is 31.9 Å². The van der Waals surface area contributed by atoms with Crippen molar-refractivity contribution in [3.8, 4) is 5.75 Å². The van der Waals surface area contributed by atoms with Gasteiger partial charge in [-0.25, -0.2) is 8.42 Å². The highest BCUT2D eigenvalue weighted by Gasteiger charge is 2.19. The monoisotopic (exact) mass is 433 g/mol. The minimum absolute atomic E-state index is 0.129. The number of anilines is 1. The van der Waals surface area contributed by atoms with Crippen molar-refractivity contribution in [3.63, 3.8) is 0 Å². The summed E-state index contributed by atoms with van der Waals surface area (Å²) in [5.41, 5.74) is 6.67. The Bertz CT molecular complexity index is 776. The van der Waals surface area contributed by atoms with Gasteiger partial charge in [-0.2, -0.15) is 0 Å². The average Bonchev–Trinajstić information content (AvgIpc) is 2.41. The second-order valence-corrected chi connectivity index (χ2v) is 8.14. The standard InChI is InChI=1S/C14H13Br2NO3S/c1-20-13-5-2-9(6-11(13)16)8-21(18,19)14-7-10(15)3-4-12(14)17/h2-7H,8,17H2,1H3. The van der Waals surface area contributed by atoms with Crippen molar-refractivity contribution in [2.75, 3.05) is 12.8 Å². The van der Waals surface area contributed by atoms with Crippen LogP contribution in [0.15, 0.2) is 50.2 Å². The van der Waals surface area contributed by atoms with Crippen LogP contribution in [0.25, 0.3) is 0 Å². The van der Waals surface area contributed by atoms with E-state index in [1.165, 1.54) is 6.07 Å². The van der Waals surface area contributed by atoms with Crippen LogP contribution in [0.5, 0.6) is 5.75 Å². The van der Waals surface area contributed by atoms with Crippen molar-refractivity contribution in [2.24, 2.45) is 0 Å². The van der Waals surface area contributed by atoms with E-state index in [4.69, 9.17) is 10.5 Å². The van der Waals surface area contributed by atoms with Gasteiger partial charge in [-0.15, -0.1) is 0 Å². The molecular weight excluding hydrogens is 422 g/mol. The third kappa shape index (κ3) is 3.78. The summed E-state index contributed by atoms with van der Waals surface area (Å²) in [6.07, 6.45) is 0. The predicted molar refractivity (Wildman–Crippen MR) is 90.1 cm³/mol. The highest BCUT2D eigenvalue weighted by Crippen LogP contribution is 2.29. The Balaban J connectivity index is 2.37. The van der Waals surface area contributed by atoms with Gasteiger partial charge in [0.15, 0.2) is 9.84 Å². The highest BCUT2D eigenvalue weighted by atomic mass is 79.9. The molecule has 0 radical (unpaired) electrons. The molecule has 0 spiro atoms. The largest absolute Gasteiger partial charge is 0.496 e. The molecule has 112 valence electrons. The molecule has 0 saturated heterocycles. The van der Waals surface area contributed by atoms with Crippen LogP contribution >= 0.6 is 31.9 Å². The van der Waals surface area contributed by atoms with Crippen LogP contribution in [-0.4, -0.2) is 15.5 Å². The number of hydrogen-bond acceptors (Lipinski definition) is 4. The molecule has 2 N–H and O–H groups in total. The maximum Gasteiger partial charge on any atom is 0.184 e. The molecule has 0 saturated carbocycles. The second kappa shape index (κ2) is 6.37. The highest BCUT2D eigenvalue weighted by molar-refractivity contribution is 9.10. The van der Waals surface area contributed by atoms with Crippen LogP contribution in [0.1, 0.15) is 5.56 Å². The van der Waals surface area contributed by atoms with Gasteiger partial charge in [0.2, 0.25) is 0 Å². The van der Waals surface area contributed by atoms with Gasteiger partial charge < -0.3 is 10.5 Å². The summed E-state index contributed by atoms with van der Waals surface area (Å²) >= 11 is 6.61. The summed E-state index contributed by atoms with van der Waals surface area (Å²) in [4.78, 5) is 0.129. The molecule has 0 aromatic heterocycles. The molecule has 7 heteroatoms. The van der Waals surface area contributed by atoms with Gasteiger partial charge in [0.05, 0.1) is 27.9 Å². The molecule has 0 unspecified atom stereocenters. The van der Waals surface area contributed by atoms with E-state index in [1.54, 1.807) is 37.4 Å². The number of benzene rings is 2. The Kier molecular flexibility index (Phi) is 4.95. The number of nitrogen functional groups attached to an aromatic ring is 1. The third-order valence-corrected chi connectivity index (χ3v) is 5.73. The van der Waals surface area contributed by atoms with Crippen molar-refractivity contribution >= 4 is 47.4 Å². The van der Waals surface area contributed by atoms with Crippen LogP contribution in [0.2, 0.25) is 0 Å². The van der Waals surface area contributed by atoms with E-state index in [-0.39, 0.29) is 16.3 Å². The lowest BCUT2D eigenvalue weighted by molar-refractivity contribution is 0.412. The van der Waals surface area contributed by atoms with Crippen LogP contribution in [0, 0.1) is 0 Å². The molecule has 0 fully saturated rings. The molecule has 0 aliphatic rings. The molecule has 0 bridgehead atoms. The van der Waals surface area contributed by atoms with Crippen LogP contribution in [-0.2, 0) is 15.6 Å². The van der Waals surface area contributed by atoms with Gasteiger partial charge in [0, 0.05) is 4.47 Å². The lowest BCUT2D eigenvalue weighted by Crippen LogP contribution is -2.08. The van der Waals surface area contributed by atoms with Gasteiger partial charge in [-0.1, -0.05) is 22.0 Å². The smallest absolute Gasteiger partial charge is 0.184 e. The second-order valence-electron chi connectivity index (χ2n) is 4.41. The quantitative estimate of drug-likeness (QED) is 0.743. The third-order valence-electron chi connectivity index (χ3n) is 2.88. The first-order valence-electron chi connectivity index (χ1n) is 5.93. The molecule has 21 heavy (non-hydrogen) atoms. The molecule has 0 heterocycles. The minimum Gasteiger partial charge on any atom is -0.496 e. The van der Waals surface area contributed by atoms with Gasteiger partial charge >= 0.3 is 0 Å². The first-order chi connectivity index (χ1) is 9.83. The zero-order valence-corrected chi connectivity index (χ0v) is 15.1. The zero-order chi connectivity index (χ0) is 15.6. The average molecular weight is 435 g/mol. The number of methoxy groups -OCH3 is 1. The fourth-order valence-electron chi connectivity index (χ4n) is 1.87. The predicted octanol–water partition coefficient (Wildman–Crippen LogP) is 3.78. The Morgan fingerprint density at radius 3 is 2.48 bits per heavy atom. The van der Waals surface area contributed by atoms with Crippen molar-refractivity contribution in [1.29, 1.82) is 0 Å². The first kappa shape index (κ1) is 16.3. The summed E-state index contributed by atoms with van der Waals surface area (Å²) in [6, 6.07) is 9.96. The lowest BCUT2D eigenvalue weighted by Gasteiger charge is -2.10. The Morgan fingerprint density at radius 2 is 1.86 bits per heavy atom. The fourth-order valence-corrected chi connectivity index (χ4v) is 4.48. The number of rotatable bonds is 4. The fraction of sp³-hybridized carbons (Fsp3) is 0.143. The molecule has 2 rings (SSSR count). The SMILES string of the molecule is COc1ccc(CS(=O)(=O)c2cc(Br)ccc2N)cc1Br. The minimum atomic E-state index is -3.52. The van der Waals surface area contributed by atoms with Crippen LogP contribution < -0.4 is 10.5 Å². The molecule has 2 aromatic carbocycles. The molecular formula is C14H13Br2NO3S. The van der Waals surface area contributed by atoms with Crippen LogP contribution in [0.4, 0.5) is 5.69 Å². The number of halogens is 2. The topological polar surface area (TPSA) is 69.4 Å². The van der Waals surface area contributed by atoms with E-state index in [1.807, 2.05) is 0 Å². The van der Waals surface area contributed by atoms with E-state index in [9.17, 15) is 8.42 Å². The summed E-state index contributed by atoms with van der Waals surface area (Å²) in [5, 5.41) is 0. The van der Waals surface area contributed by atoms with Crippen molar-refractivity contribution in [2.45, 2.75) is 10.6 Å². The van der Waals surface area contributed by atoms with Crippen molar-refractivity contribution in [3.05, 3.63) is 50.9 Å². The normalized spacial score (nSPS) is 11.4. The van der Waals surface area contributed by atoms with Gasteiger partial charge in [-0.05, 0) is 51.8 Å². The maximum atomic E-state index is 12.5. The summed E-state index contributed by atoms with van der Waals surface area (Å²) in [6.45, 7) is 0. The molecule has 0 aliphatic heterocycles. The van der Waals surface area contributed by atoms with Crippen molar-refractivity contribution < 1.29 is 13.2 Å². The van der Waals surface area contributed by atoms with E-state index in [0.29, 0.717) is 20.3 Å². The Labute approximate surface area is 140 Å². The number of nitrogens with two attached hydrogens (primary N) is 1. The number of ether oxygens (including phenoxy) is 1. The van der Waals surface area contributed by atoms with E-state index in [0.717, 1.165) is 0 Å². The molecule has 4 nitrogen and oxygen atoms in total. The maximum absolute atomic E-state index is 12.5. The molecule has 2 aromatic rings. The Morgan fingerprint density at radius 1 is 1.14 bits per heavy atom. The van der Waals surface area contributed by atoms with Gasteiger partial charge in [-0.3, -0.25) is 0 Å². The van der Waals surface area contributed by atoms with Gasteiger partial charge in [0.25, 0.3) is 0 Å². The lowest BCUT2D eigenvalue weighted by atomic mass is 10.2. The zero-order valence-electron chi connectivity index (χ0n) is 11.1. The Hall–Kier alpha value is -1.05. The summed E-state index contributed by atoms with van der Waals surface area (Å²) in [5.74, 6) is 0.522. The molecule has 0 atom stereocenters. The molecule has 0 amide bonds. The van der Waals surface area contributed by atoms with Crippen LogP contribution in [0.3, 0.4) is 0 Å².